The van der Waals surface area contributed by atoms with Gasteiger partial charge in [0.1, 0.15) is 11.1 Å². The van der Waals surface area contributed by atoms with E-state index in [1.165, 1.54) is 0 Å². The van der Waals surface area contributed by atoms with Crippen LogP contribution >= 0.6 is 0 Å². The molecular weight excluding hydrogens is 188 g/mol. The van der Waals surface area contributed by atoms with Gasteiger partial charge in [-0.2, -0.15) is 5.26 Å². The Bertz CT molecular complexity index is 691. The Balaban J connectivity index is 2.53. The van der Waals surface area contributed by atoms with Crippen molar-refractivity contribution in [2.45, 2.75) is 0 Å². The average Bonchev–Trinajstić information content (AvgIpc) is 2.66. The van der Waals surface area contributed by atoms with Gasteiger partial charge in [-0.15, -0.1) is 0 Å². The van der Waals surface area contributed by atoms with Gasteiger partial charge in [-0.25, -0.2) is 0 Å². The third kappa shape index (κ3) is 1.09. The van der Waals surface area contributed by atoms with E-state index in [1.54, 1.807) is 24.4 Å². The van der Waals surface area contributed by atoms with Crippen molar-refractivity contribution in [3.8, 4) is 6.07 Å². The number of fused-ring (bicyclic) bond motifs is 3. The van der Waals surface area contributed by atoms with Gasteiger partial charge in [0.25, 0.3) is 0 Å². The lowest BCUT2D eigenvalue weighted by atomic mass is 10.1. The average molecular weight is 194 g/mol. The minimum atomic E-state index is 0.621. The molecule has 2 aromatic heterocycles. The molecule has 0 amide bonds. The maximum atomic E-state index is 8.81. The first-order valence-electron chi connectivity index (χ1n) is 4.56. The highest BCUT2D eigenvalue weighted by atomic mass is 16.3. The predicted molar refractivity (Wildman–Crippen MR) is 56.2 cm³/mol. The standard InChI is InChI=1S/C12H6N2O/c13-7-8-3-4-10-9(6-8)12-11(15-10)2-1-5-14-12/h1-6H. The largest absolute Gasteiger partial charge is 0.454 e. The van der Waals surface area contributed by atoms with E-state index in [0.717, 1.165) is 22.1 Å². The van der Waals surface area contributed by atoms with E-state index in [0.29, 0.717) is 5.56 Å². The quantitative estimate of drug-likeness (QED) is 0.552. The fourth-order valence-corrected chi connectivity index (χ4v) is 1.67. The van der Waals surface area contributed by atoms with Gasteiger partial charge in [0.15, 0.2) is 5.58 Å². The number of rotatable bonds is 0. The number of furan rings is 1. The van der Waals surface area contributed by atoms with Crippen molar-refractivity contribution in [1.29, 1.82) is 5.26 Å². The van der Waals surface area contributed by atoms with E-state index in [1.807, 2.05) is 12.1 Å². The molecule has 1 aromatic carbocycles. The molecule has 0 aliphatic carbocycles. The first kappa shape index (κ1) is 8.01. The van der Waals surface area contributed by atoms with Gasteiger partial charge in [-0.05, 0) is 30.3 Å². The summed E-state index contributed by atoms with van der Waals surface area (Å²) in [6.07, 6.45) is 1.72. The summed E-state index contributed by atoms with van der Waals surface area (Å²) >= 11 is 0. The Labute approximate surface area is 85.6 Å². The normalized spacial score (nSPS) is 10.6. The van der Waals surface area contributed by atoms with Gasteiger partial charge >= 0.3 is 0 Å². The molecule has 15 heavy (non-hydrogen) atoms. The number of hydrogen-bond donors (Lipinski definition) is 0. The number of nitriles is 1. The van der Waals surface area contributed by atoms with E-state index in [2.05, 4.69) is 11.1 Å². The summed E-state index contributed by atoms with van der Waals surface area (Å²) in [5, 5.41) is 9.70. The maximum absolute atomic E-state index is 8.81. The van der Waals surface area contributed by atoms with Crippen molar-refractivity contribution in [2.24, 2.45) is 0 Å². The Morgan fingerprint density at radius 3 is 3.00 bits per heavy atom. The molecule has 3 rings (SSSR count). The van der Waals surface area contributed by atoms with Crippen molar-refractivity contribution in [2.75, 3.05) is 0 Å². The molecule has 0 aliphatic rings. The molecule has 0 fully saturated rings. The third-order valence-electron chi connectivity index (χ3n) is 2.35. The van der Waals surface area contributed by atoms with Gasteiger partial charge in [0.2, 0.25) is 0 Å². The van der Waals surface area contributed by atoms with Crippen LogP contribution in [0.4, 0.5) is 0 Å². The second-order valence-electron chi connectivity index (χ2n) is 3.27. The topological polar surface area (TPSA) is 49.8 Å². The number of pyridine rings is 1. The van der Waals surface area contributed by atoms with Crippen LogP contribution in [0.2, 0.25) is 0 Å². The summed E-state index contributed by atoms with van der Waals surface area (Å²) < 4.78 is 5.58. The summed E-state index contributed by atoms with van der Waals surface area (Å²) in [6.45, 7) is 0. The lowest BCUT2D eigenvalue weighted by Crippen LogP contribution is -1.74. The second kappa shape index (κ2) is 2.82. The molecule has 0 radical (unpaired) electrons. The van der Waals surface area contributed by atoms with E-state index < -0.39 is 0 Å². The van der Waals surface area contributed by atoms with E-state index in [-0.39, 0.29) is 0 Å². The highest BCUT2D eigenvalue weighted by Crippen LogP contribution is 2.27. The van der Waals surface area contributed by atoms with Crippen LogP contribution in [-0.2, 0) is 0 Å². The smallest absolute Gasteiger partial charge is 0.153 e. The van der Waals surface area contributed by atoms with Crippen LogP contribution in [0.3, 0.4) is 0 Å². The fourth-order valence-electron chi connectivity index (χ4n) is 1.67. The zero-order chi connectivity index (χ0) is 10.3. The zero-order valence-corrected chi connectivity index (χ0v) is 7.77. The van der Waals surface area contributed by atoms with E-state index in [9.17, 15) is 0 Å². The van der Waals surface area contributed by atoms with Crippen molar-refractivity contribution in [3.05, 3.63) is 42.1 Å². The summed E-state index contributed by atoms with van der Waals surface area (Å²) in [6, 6.07) is 11.1. The second-order valence-corrected chi connectivity index (χ2v) is 3.27. The number of nitrogens with zero attached hydrogens (tertiary/aromatic N) is 2. The van der Waals surface area contributed by atoms with Crippen LogP contribution in [0.25, 0.3) is 22.1 Å². The van der Waals surface area contributed by atoms with Gasteiger partial charge in [-0.1, -0.05) is 0 Å². The van der Waals surface area contributed by atoms with Crippen LogP contribution in [0.1, 0.15) is 5.56 Å². The van der Waals surface area contributed by atoms with Crippen molar-refractivity contribution < 1.29 is 4.42 Å². The highest BCUT2D eigenvalue weighted by Gasteiger charge is 2.07. The predicted octanol–water partition coefficient (Wildman–Crippen LogP) is 2.85. The lowest BCUT2D eigenvalue weighted by molar-refractivity contribution is 0.668. The molecule has 0 N–H and O–H groups in total. The van der Waals surface area contributed by atoms with Gasteiger partial charge < -0.3 is 4.42 Å². The highest BCUT2D eigenvalue weighted by molar-refractivity contribution is 6.02. The van der Waals surface area contributed by atoms with Gasteiger partial charge in [0, 0.05) is 11.6 Å². The Kier molecular flexibility index (Phi) is 1.51. The molecule has 0 bridgehead atoms. The molecule has 2 heterocycles. The molecule has 0 saturated carbocycles. The van der Waals surface area contributed by atoms with Crippen molar-refractivity contribution >= 4 is 22.1 Å². The summed E-state index contributed by atoms with van der Waals surface area (Å²) in [7, 11) is 0. The molecule has 3 aromatic rings. The zero-order valence-electron chi connectivity index (χ0n) is 7.77. The fraction of sp³-hybridized carbons (Fsp3) is 0. The number of hydrogen-bond acceptors (Lipinski definition) is 3. The van der Waals surface area contributed by atoms with Crippen LogP contribution in [0, 0.1) is 11.3 Å². The van der Waals surface area contributed by atoms with Crippen LogP contribution in [0.15, 0.2) is 40.9 Å². The van der Waals surface area contributed by atoms with Crippen LogP contribution in [-0.4, -0.2) is 4.98 Å². The van der Waals surface area contributed by atoms with Crippen LogP contribution < -0.4 is 0 Å². The molecular formula is C12H6N2O. The molecule has 0 unspecified atom stereocenters. The molecule has 70 valence electrons. The summed E-state index contributed by atoms with van der Waals surface area (Å²) in [5.74, 6) is 0. The molecule has 3 heteroatoms. The number of benzene rings is 1. The van der Waals surface area contributed by atoms with E-state index >= 15 is 0 Å². The van der Waals surface area contributed by atoms with Crippen molar-refractivity contribution in [1.82, 2.24) is 4.98 Å². The third-order valence-corrected chi connectivity index (χ3v) is 2.35. The monoisotopic (exact) mass is 194 g/mol. The molecule has 0 saturated heterocycles. The Morgan fingerprint density at radius 2 is 2.13 bits per heavy atom. The molecule has 0 aliphatic heterocycles. The first-order chi connectivity index (χ1) is 7.38. The Morgan fingerprint density at radius 1 is 1.20 bits per heavy atom. The first-order valence-corrected chi connectivity index (χ1v) is 4.56. The SMILES string of the molecule is N#Cc1ccc2oc3cccnc3c2c1. The molecule has 0 spiro atoms. The number of aromatic nitrogens is 1. The molecule has 3 nitrogen and oxygen atoms in total. The lowest BCUT2D eigenvalue weighted by Gasteiger charge is -1.88. The minimum Gasteiger partial charge on any atom is -0.454 e. The van der Waals surface area contributed by atoms with Gasteiger partial charge in [0.05, 0.1) is 11.6 Å². The minimum absolute atomic E-state index is 0.621. The summed E-state index contributed by atoms with van der Waals surface area (Å²) in [5.41, 5.74) is 2.95. The van der Waals surface area contributed by atoms with Gasteiger partial charge in [-0.3, -0.25) is 4.98 Å². The molecule has 0 atom stereocenters. The van der Waals surface area contributed by atoms with Crippen molar-refractivity contribution in [3.63, 3.8) is 0 Å². The van der Waals surface area contributed by atoms with E-state index in [4.69, 9.17) is 9.68 Å². The Hall–Kier alpha value is -2.34. The van der Waals surface area contributed by atoms with Crippen LogP contribution in [0.5, 0.6) is 0 Å². The maximum Gasteiger partial charge on any atom is 0.153 e. The summed E-state index contributed by atoms with van der Waals surface area (Å²) in [4.78, 5) is 4.24.